The van der Waals surface area contributed by atoms with Gasteiger partial charge in [-0.1, -0.05) is 45.8 Å². The first-order valence-corrected chi connectivity index (χ1v) is 6.81. The predicted octanol–water partition coefficient (Wildman–Crippen LogP) is 5.21. The summed E-state index contributed by atoms with van der Waals surface area (Å²) in [6.07, 6.45) is 11.5. The van der Waals surface area contributed by atoms with E-state index in [4.69, 9.17) is 4.42 Å². The van der Waals surface area contributed by atoms with E-state index in [1.54, 1.807) is 0 Å². The van der Waals surface area contributed by atoms with Gasteiger partial charge in [-0.3, -0.25) is 0 Å². The van der Waals surface area contributed by atoms with Gasteiger partial charge in [0.15, 0.2) is 5.76 Å². The molecule has 0 unspecified atom stereocenters. The van der Waals surface area contributed by atoms with E-state index in [9.17, 15) is 0 Å². The van der Waals surface area contributed by atoms with Crippen LogP contribution in [-0.4, -0.2) is 4.98 Å². The minimum atomic E-state index is 0.00612. The van der Waals surface area contributed by atoms with Crippen molar-refractivity contribution in [2.24, 2.45) is 0 Å². The fourth-order valence-electron chi connectivity index (χ4n) is 1.91. The van der Waals surface area contributed by atoms with Crippen molar-refractivity contribution in [2.75, 3.05) is 0 Å². The van der Waals surface area contributed by atoms with E-state index in [2.05, 4.69) is 25.8 Å². The first-order chi connectivity index (χ1) is 8.55. The fourth-order valence-corrected chi connectivity index (χ4v) is 1.91. The van der Waals surface area contributed by atoms with Crippen molar-refractivity contribution in [3.05, 3.63) is 29.5 Å². The first kappa shape index (κ1) is 14.7. The molecule has 1 rings (SSSR count). The third-order valence-corrected chi connectivity index (χ3v) is 3.06. The zero-order valence-electron chi connectivity index (χ0n) is 12.3. The second kappa shape index (κ2) is 6.58. The molecule has 0 bridgehead atoms. The van der Waals surface area contributed by atoms with Gasteiger partial charge in [-0.05, 0) is 32.4 Å². The molecule has 0 amide bonds. The van der Waals surface area contributed by atoms with Gasteiger partial charge in [-0.15, -0.1) is 0 Å². The molecule has 0 aliphatic carbocycles. The SMILES string of the molecule is C/C=C\c1nc(C(C)(C)CCCC)oc1/C=C\C. The van der Waals surface area contributed by atoms with Gasteiger partial charge in [0.2, 0.25) is 5.89 Å². The highest BCUT2D eigenvalue weighted by atomic mass is 16.4. The molecule has 0 aromatic carbocycles. The molecule has 0 N–H and O–H groups in total. The number of unbranched alkanes of at least 4 members (excludes halogenated alkanes) is 1. The molecule has 0 saturated heterocycles. The van der Waals surface area contributed by atoms with Crippen molar-refractivity contribution in [3.63, 3.8) is 0 Å². The molecule has 2 heteroatoms. The van der Waals surface area contributed by atoms with Crippen LogP contribution >= 0.6 is 0 Å². The zero-order valence-corrected chi connectivity index (χ0v) is 12.3. The van der Waals surface area contributed by atoms with Crippen molar-refractivity contribution in [1.82, 2.24) is 4.98 Å². The Morgan fingerprint density at radius 3 is 2.39 bits per heavy atom. The van der Waals surface area contributed by atoms with E-state index in [0.29, 0.717) is 0 Å². The zero-order chi connectivity index (χ0) is 13.6. The maximum Gasteiger partial charge on any atom is 0.201 e. The number of oxazole rings is 1. The van der Waals surface area contributed by atoms with Crippen LogP contribution in [-0.2, 0) is 5.41 Å². The third kappa shape index (κ3) is 3.59. The molecular weight excluding hydrogens is 222 g/mol. The van der Waals surface area contributed by atoms with Gasteiger partial charge < -0.3 is 4.42 Å². The minimum absolute atomic E-state index is 0.00612. The number of hydrogen-bond donors (Lipinski definition) is 0. The highest BCUT2D eigenvalue weighted by molar-refractivity contribution is 5.58. The van der Waals surface area contributed by atoms with Crippen LogP contribution in [0, 0.1) is 0 Å². The van der Waals surface area contributed by atoms with Gasteiger partial charge >= 0.3 is 0 Å². The molecule has 18 heavy (non-hydrogen) atoms. The van der Waals surface area contributed by atoms with Crippen LogP contribution in [0.1, 0.15) is 71.2 Å². The summed E-state index contributed by atoms with van der Waals surface area (Å²) in [5.74, 6) is 1.70. The quantitative estimate of drug-likeness (QED) is 0.689. The molecule has 1 aromatic heterocycles. The van der Waals surface area contributed by atoms with Crippen LogP contribution in [0.15, 0.2) is 16.6 Å². The molecule has 1 aromatic rings. The number of rotatable bonds is 6. The van der Waals surface area contributed by atoms with Gasteiger partial charge in [-0.2, -0.15) is 0 Å². The van der Waals surface area contributed by atoms with Crippen molar-refractivity contribution >= 4 is 12.2 Å². The van der Waals surface area contributed by atoms with Crippen LogP contribution in [0.2, 0.25) is 0 Å². The van der Waals surface area contributed by atoms with Crippen LogP contribution in [0.4, 0.5) is 0 Å². The Morgan fingerprint density at radius 2 is 1.83 bits per heavy atom. The number of hydrogen-bond acceptors (Lipinski definition) is 2. The second-order valence-electron chi connectivity index (χ2n) is 5.26. The summed E-state index contributed by atoms with van der Waals surface area (Å²) in [6, 6.07) is 0. The average molecular weight is 247 g/mol. The summed E-state index contributed by atoms with van der Waals surface area (Å²) >= 11 is 0. The Morgan fingerprint density at radius 1 is 1.17 bits per heavy atom. The van der Waals surface area contributed by atoms with E-state index in [1.807, 2.05) is 38.2 Å². The third-order valence-electron chi connectivity index (χ3n) is 3.06. The molecule has 1 heterocycles. The lowest BCUT2D eigenvalue weighted by molar-refractivity contribution is 0.339. The molecule has 2 nitrogen and oxygen atoms in total. The van der Waals surface area contributed by atoms with Crippen LogP contribution in [0.5, 0.6) is 0 Å². The van der Waals surface area contributed by atoms with E-state index in [1.165, 1.54) is 12.8 Å². The Labute approximate surface area is 111 Å². The van der Waals surface area contributed by atoms with E-state index in [0.717, 1.165) is 23.8 Å². The van der Waals surface area contributed by atoms with Crippen molar-refractivity contribution < 1.29 is 4.42 Å². The van der Waals surface area contributed by atoms with Gasteiger partial charge in [0.1, 0.15) is 5.69 Å². The smallest absolute Gasteiger partial charge is 0.201 e. The Hall–Kier alpha value is -1.31. The van der Waals surface area contributed by atoms with E-state index >= 15 is 0 Å². The molecule has 0 spiro atoms. The summed E-state index contributed by atoms with van der Waals surface area (Å²) < 4.78 is 5.92. The topological polar surface area (TPSA) is 26.0 Å². The van der Waals surface area contributed by atoms with E-state index < -0.39 is 0 Å². The summed E-state index contributed by atoms with van der Waals surface area (Å²) in [4.78, 5) is 4.64. The molecule has 0 atom stereocenters. The lowest BCUT2D eigenvalue weighted by Gasteiger charge is -2.19. The van der Waals surface area contributed by atoms with Crippen LogP contribution in [0.3, 0.4) is 0 Å². The number of nitrogens with zero attached hydrogens (tertiary/aromatic N) is 1. The molecule has 100 valence electrons. The van der Waals surface area contributed by atoms with Gasteiger partial charge in [0.05, 0.1) is 0 Å². The lowest BCUT2D eigenvalue weighted by Crippen LogP contribution is -2.17. The summed E-state index contributed by atoms with van der Waals surface area (Å²) in [7, 11) is 0. The Bertz CT molecular complexity index is 395. The van der Waals surface area contributed by atoms with Crippen molar-refractivity contribution in [2.45, 2.75) is 59.3 Å². The molecule has 0 aliphatic heterocycles. The minimum Gasteiger partial charge on any atom is -0.440 e. The predicted molar refractivity (Wildman–Crippen MR) is 78.5 cm³/mol. The summed E-state index contributed by atoms with van der Waals surface area (Å²) in [5, 5.41) is 0. The average Bonchev–Trinajstić information content (AvgIpc) is 2.72. The fraction of sp³-hybridized carbons (Fsp3) is 0.562. The summed E-state index contributed by atoms with van der Waals surface area (Å²) in [5.41, 5.74) is 0.932. The molecule has 0 fully saturated rings. The normalized spacial score (nSPS) is 12.9. The van der Waals surface area contributed by atoms with Gasteiger partial charge in [0.25, 0.3) is 0 Å². The summed E-state index contributed by atoms with van der Waals surface area (Å²) in [6.45, 7) is 10.6. The highest BCUT2D eigenvalue weighted by Crippen LogP contribution is 2.30. The molecular formula is C16H25NO. The number of aromatic nitrogens is 1. The van der Waals surface area contributed by atoms with Gasteiger partial charge in [-0.25, -0.2) is 4.98 Å². The van der Waals surface area contributed by atoms with Crippen molar-refractivity contribution in [3.8, 4) is 0 Å². The van der Waals surface area contributed by atoms with Crippen molar-refractivity contribution in [1.29, 1.82) is 0 Å². The van der Waals surface area contributed by atoms with Crippen LogP contribution < -0.4 is 0 Å². The van der Waals surface area contributed by atoms with Gasteiger partial charge in [0, 0.05) is 5.41 Å². The maximum absolute atomic E-state index is 5.92. The standard InChI is InChI=1S/C16H25NO/c1-6-9-12-16(4,5)15-17-13(10-7-2)14(18-15)11-8-3/h7-8,10-11H,6,9,12H2,1-5H3/b10-7-,11-8-. The first-order valence-electron chi connectivity index (χ1n) is 6.81. The molecule has 0 aliphatic rings. The molecule has 0 saturated carbocycles. The Balaban J connectivity index is 3.06. The largest absolute Gasteiger partial charge is 0.440 e. The monoisotopic (exact) mass is 247 g/mol. The molecule has 0 radical (unpaired) electrons. The highest BCUT2D eigenvalue weighted by Gasteiger charge is 2.26. The second-order valence-corrected chi connectivity index (χ2v) is 5.26. The lowest BCUT2D eigenvalue weighted by atomic mass is 9.87. The van der Waals surface area contributed by atoms with Crippen LogP contribution in [0.25, 0.3) is 12.2 Å². The Kier molecular flexibility index (Phi) is 5.39. The van der Waals surface area contributed by atoms with E-state index in [-0.39, 0.29) is 5.41 Å². The maximum atomic E-state index is 5.92. The number of allylic oxidation sites excluding steroid dienone is 2.